The minimum absolute atomic E-state index is 0.0672. The van der Waals surface area contributed by atoms with Gasteiger partial charge in [-0.3, -0.25) is 4.79 Å². The third kappa shape index (κ3) is 3.31. The number of ether oxygens (including phenoxy) is 2. The summed E-state index contributed by atoms with van der Waals surface area (Å²) in [6.07, 6.45) is 0.369. The van der Waals surface area contributed by atoms with Crippen LogP contribution in [0.5, 0.6) is 5.75 Å². The number of likely N-dealkylation sites (tertiary alicyclic amines) is 1. The molecule has 7 nitrogen and oxygen atoms in total. The van der Waals surface area contributed by atoms with Crippen molar-refractivity contribution in [2.75, 3.05) is 39.6 Å². The van der Waals surface area contributed by atoms with Crippen molar-refractivity contribution in [2.45, 2.75) is 18.6 Å². The smallest absolute Gasteiger partial charge is 0.322 e. The quantitative estimate of drug-likeness (QED) is 0.908. The van der Waals surface area contributed by atoms with Crippen LogP contribution < -0.4 is 10.1 Å². The maximum absolute atomic E-state index is 12.5. The van der Waals surface area contributed by atoms with Crippen LogP contribution in [0.25, 0.3) is 0 Å². The normalized spacial score (nSPS) is 25.3. The number of carbonyl (C=O) groups excluding carboxylic acids is 2. The third-order valence-electron chi connectivity index (χ3n) is 4.52. The molecule has 0 aromatic heterocycles. The van der Waals surface area contributed by atoms with Crippen molar-refractivity contribution in [3.63, 3.8) is 0 Å². The topological polar surface area (TPSA) is 71.1 Å². The molecule has 7 heteroatoms. The highest BCUT2D eigenvalue weighted by molar-refractivity contribution is 5.90. The SMILES string of the molecule is COc1cccc(NC(=O)N2CC3CC(C(=O)N(C)C)C(C2)O3)c1. The molecule has 2 fully saturated rings. The predicted molar refractivity (Wildman–Crippen MR) is 89.0 cm³/mol. The molecule has 3 atom stereocenters. The third-order valence-corrected chi connectivity index (χ3v) is 4.52. The fourth-order valence-corrected chi connectivity index (χ4v) is 3.32. The van der Waals surface area contributed by atoms with Gasteiger partial charge in [-0.2, -0.15) is 0 Å². The van der Waals surface area contributed by atoms with Gasteiger partial charge < -0.3 is 24.6 Å². The lowest BCUT2D eigenvalue weighted by molar-refractivity contribution is -0.135. The van der Waals surface area contributed by atoms with Gasteiger partial charge in [0.05, 0.1) is 25.2 Å². The summed E-state index contributed by atoms with van der Waals surface area (Å²) in [6.45, 7) is 0.931. The van der Waals surface area contributed by atoms with Crippen molar-refractivity contribution in [2.24, 2.45) is 5.92 Å². The zero-order valence-electron chi connectivity index (χ0n) is 14.2. The Morgan fingerprint density at radius 2 is 2.12 bits per heavy atom. The van der Waals surface area contributed by atoms with Crippen LogP contribution in [0.2, 0.25) is 0 Å². The second-order valence-electron chi connectivity index (χ2n) is 6.44. The van der Waals surface area contributed by atoms with Crippen molar-refractivity contribution < 1.29 is 19.1 Å². The van der Waals surface area contributed by atoms with Gasteiger partial charge in [-0.15, -0.1) is 0 Å². The Morgan fingerprint density at radius 1 is 1.33 bits per heavy atom. The monoisotopic (exact) mass is 333 g/mol. The van der Waals surface area contributed by atoms with E-state index in [-0.39, 0.29) is 30.1 Å². The first-order chi connectivity index (χ1) is 11.5. The molecule has 1 N–H and O–H groups in total. The van der Waals surface area contributed by atoms with Gasteiger partial charge in [-0.25, -0.2) is 4.79 Å². The molecule has 3 rings (SSSR count). The number of amides is 3. The summed E-state index contributed by atoms with van der Waals surface area (Å²) >= 11 is 0. The summed E-state index contributed by atoms with van der Waals surface area (Å²) in [7, 11) is 5.08. The molecule has 0 radical (unpaired) electrons. The Morgan fingerprint density at radius 3 is 2.83 bits per heavy atom. The van der Waals surface area contributed by atoms with Crippen LogP contribution in [-0.4, -0.2) is 68.2 Å². The molecule has 3 amide bonds. The van der Waals surface area contributed by atoms with E-state index >= 15 is 0 Å². The largest absolute Gasteiger partial charge is 0.497 e. The van der Waals surface area contributed by atoms with E-state index in [0.717, 1.165) is 0 Å². The summed E-state index contributed by atoms with van der Waals surface area (Å²) in [5.74, 6) is 0.587. The molecule has 2 aliphatic rings. The lowest BCUT2D eigenvalue weighted by atomic mass is 9.99. The number of anilines is 1. The Kier molecular flexibility index (Phi) is 4.62. The van der Waals surface area contributed by atoms with Gasteiger partial charge in [0.2, 0.25) is 5.91 Å². The predicted octanol–water partition coefficient (Wildman–Crippen LogP) is 1.40. The lowest BCUT2D eigenvalue weighted by Crippen LogP contribution is -2.49. The van der Waals surface area contributed by atoms with Crippen LogP contribution in [0, 0.1) is 5.92 Å². The van der Waals surface area contributed by atoms with Gasteiger partial charge in [0, 0.05) is 38.9 Å². The number of hydrogen-bond donors (Lipinski definition) is 1. The van der Waals surface area contributed by atoms with E-state index in [9.17, 15) is 9.59 Å². The number of nitrogens with zero attached hydrogens (tertiary/aromatic N) is 2. The van der Waals surface area contributed by atoms with Crippen LogP contribution in [0.1, 0.15) is 6.42 Å². The molecular formula is C17H23N3O4. The van der Waals surface area contributed by atoms with Crippen molar-refractivity contribution in [1.29, 1.82) is 0 Å². The molecule has 0 saturated carbocycles. The second-order valence-corrected chi connectivity index (χ2v) is 6.44. The average Bonchev–Trinajstić information content (AvgIpc) is 2.87. The van der Waals surface area contributed by atoms with Crippen LogP contribution in [0.15, 0.2) is 24.3 Å². The molecule has 1 aromatic rings. The van der Waals surface area contributed by atoms with E-state index in [2.05, 4.69) is 5.32 Å². The van der Waals surface area contributed by atoms with Crippen LogP contribution >= 0.6 is 0 Å². The zero-order chi connectivity index (χ0) is 17.3. The lowest BCUT2D eigenvalue weighted by Gasteiger charge is -2.33. The molecule has 2 aliphatic heterocycles. The first kappa shape index (κ1) is 16.6. The number of carbonyl (C=O) groups is 2. The Hall–Kier alpha value is -2.28. The molecule has 2 bridgehead atoms. The number of hydrogen-bond acceptors (Lipinski definition) is 4. The summed E-state index contributed by atoms with van der Waals surface area (Å²) in [6, 6.07) is 7.05. The number of methoxy groups -OCH3 is 1. The summed E-state index contributed by atoms with van der Waals surface area (Å²) < 4.78 is 11.0. The van der Waals surface area contributed by atoms with Gasteiger partial charge >= 0.3 is 6.03 Å². The van der Waals surface area contributed by atoms with Gasteiger partial charge in [0.1, 0.15) is 5.75 Å². The molecule has 1 aromatic carbocycles. The highest BCUT2D eigenvalue weighted by atomic mass is 16.5. The summed E-state index contributed by atoms with van der Waals surface area (Å²) in [5.41, 5.74) is 0.680. The first-order valence-electron chi connectivity index (χ1n) is 8.04. The van der Waals surface area contributed by atoms with Crippen LogP contribution in [0.4, 0.5) is 10.5 Å². The Balaban J connectivity index is 1.64. The number of rotatable bonds is 3. The first-order valence-corrected chi connectivity index (χ1v) is 8.04. The van der Waals surface area contributed by atoms with E-state index in [4.69, 9.17) is 9.47 Å². The highest BCUT2D eigenvalue weighted by Crippen LogP contribution is 2.33. The number of nitrogens with one attached hydrogen (secondary N) is 1. The molecular weight excluding hydrogens is 310 g/mol. The van der Waals surface area contributed by atoms with Gasteiger partial charge in [0.15, 0.2) is 0 Å². The van der Waals surface area contributed by atoms with Gasteiger partial charge in [-0.05, 0) is 18.6 Å². The fourth-order valence-electron chi connectivity index (χ4n) is 3.32. The molecule has 130 valence electrons. The zero-order valence-corrected chi connectivity index (χ0v) is 14.2. The minimum Gasteiger partial charge on any atom is -0.497 e. The molecule has 0 aliphatic carbocycles. The fraction of sp³-hybridized carbons (Fsp3) is 0.529. The van der Waals surface area contributed by atoms with Crippen molar-refractivity contribution >= 4 is 17.6 Å². The Bertz CT molecular complexity index is 634. The number of morpholine rings is 1. The summed E-state index contributed by atoms with van der Waals surface area (Å²) in [5, 5.41) is 2.88. The Labute approximate surface area is 141 Å². The van der Waals surface area contributed by atoms with Gasteiger partial charge in [-0.1, -0.05) is 6.07 Å². The van der Waals surface area contributed by atoms with Crippen molar-refractivity contribution in [1.82, 2.24) is 9.80 Å². The maximum atomic E-state index is 12.5. The molecule has 0 spiro atoms. The van der Waals surface area contributed by atoms with E-state index in [0.29, 0.717) is 30.9 Å². The maximum Gasteiger partial charge on any atom is 0.322 e. The average molecular weight is 333 g/mol. The number of benzene rings is 1. The van der Waals surface area contributed by atoms with Crippen molar-refractivity contribution in [3.8, 4) is 5.75 Å². The minimum atomic E-state index is -0.227. The molecule has 3 unspecified atom stereocenters. The number of fused-ring (bicyclic) bond motifs is 2. The highest BCUT2D eigenvalue weighted by Gasteiger charge is 2.46. The van der Waals surface area contributed by atoms with E-state index < -0.39 is 0 Å². The van der Waals surface area contributed by atoms with Gasteiger partial charge in [0.25, 0.3) is 0 Å². The van der Waals surface area contributed by atoms with Crippen LogP contribution in [-0.2, 0) is 9.53 Å². The van der Waals surface area contributed by atoms with Crippen LogP contribution in [0.3, 0.4) is 0 Å². The van der Waals surface area contributed by atoms with E-state index in [1.165, 1.54) is 0 Å². The molecule has 24 heavy (non-hydrogen) atoms. The molecule has 2 saturated heterocycles. The van der Waals surface area contributed by atoms with E-state index in [1.54, 1.807) is 37.1 Å². The van der Waals surface area contributed by atoms with E-state index in [1.807, 2.05) is 18.2 Å². The molecule has 2 heterocycles. The standard InChI is InChI=1S/C17H23N3O4/c1-19(2)16(21)14-8-13-9-20(10-15(14)24-13)17(22)18-11-5-4-6-12(7-11)23-3/h4-7,13-15H,8-10H2,1-3H3,(H,18,22). The summed E-state index contributed by atoms with van der Waals surface area (Å²) in [4.78, 5) is 28.1. The second kappa shape index (κ2) is 6.68. The number of urea groups is 1. The van der Waals surface area contributed by atoms with Crippen molar-refractivity contribution in [3.05, 3.63) is 24.3 Å².